The molecule has 23 heavy (non-hydrogen) atoms. The van der Waals surface area contributed by atoms with Crippen LogP contribution in [0.1, 0.15) is 53.7 Å². The maximum absolute atomic E-state index is 12.7. The molecule has 0 unspecified atom stereocenters. The molecule has 8 heteroatoms. The third kappa shape index (κ3) is 2.81. The Bertz CT molecular complexity index is 693. The summed E-state index contributed by atoms with van der Waals surface area (Å²) in [6, 6.07) is 1.63. The SMILES string of the molecule is O=C(NC1(c2ncon2)CCOCC1)c1ccnc(C2CC2)n1. The van der Waals surface area contributed by atoms with Crippen LogP contribution in [0.2, 0.25) is 0 Å². The molecule has 4 rings (SSSR count). The molecule has 2 aromatic rings. The topological polar surface area (TPSA) is 103 Å². The van der Waals surface area contributed by atoms with Crippen molar-refractivity contribution in [1.82, 2.24) is 25.4 Å². The second-order valence-corrected chi connectivity index (χ2v) is 5.98. The Labute approximate surface area is 132 Å². The Balaban J connectivity index is 1.59. The summed E-state index contributed by atoms with van der Waals surface area (Å²) in [5, 5.41) is 6.97. The molecule has 2 aromatic heterocycles. The van der Waals surface area contributed by atoms with Crippen molar-refractivity contribution in [3.05, 3.63) is 36.0 Å². The summed E-state index contributed by atoms with van der Waals surface area (Å²) in [4.78, 5) is 25.5. The summed E-state index contributed by atoms with van der Waals surface area (Å²) < 4.78 is 10.3. The van der Waals surface area contributed by atoms with E-state index in [2.05, 4.69) is 25.4 Å². The number of rotatable bonds is 4. The smallest absolute Gasteiger partial charge is 0.270 e. The van der Waals surface area contributed by atoms with Gasteiger partial charge in [-0.25, -0.2) is 9.97 Å². The summed E-state index contributed by atoms with van der Waals surface area (Å²) in [7, 11) is 0. The molecule has 1 N–H and O–H groups in total. The summed E-state index contributed by atoms with van der Waals surface area (Å²) in [6.07, 6.45) is 6.29. The highest BCUT2D eigenvalue weighted by atomic mass is 16.5. The van der Waals surface area contributed by atoms with E-state index in [0.29, 0.717) is 43.5 Å². The van der Waals surface area contributed by atoms with E-state index in [0.717, 1.165) is 18.7 Å². The predicted molar refractivity (Wildman–Crippen MR) is 77.5 cm³/mol. The number of carbonyl (C=O) groups excluding carboxylic acids is 1. The molecular weight excluding hydrogens is 298 g/mol. The van der Waals surface area contributed by atoms with Crippen molar-refractivity contribution < 1.29 is 14.1 Å². The van der Waals surface area contributed by atoms with E-state index in [4.69, 9.17) is 9.26 Å². The maximum Gasteiger partial charge on any atom is 0.270 e. The van der Waals surface area contributed by atoms with Crippen molar-refractivity contribution >= 4 is 5.91 Å². The van der Waals surface area contributed by atoms with Crippen LogP contribution in [-0.4, -0.2) is 39.2 Å². The quantitative estimate of drug-likeness (QED) is 0.903. The van der Waals surface area contributed by atoms with Crippen LogP contribution in [0.25, 0.3) is 0 Å². The molecular formula is C15H17N5O3. The number of nitrogens with one attached hydrogen (secondary N) is 1. The Morgan fingerprint density at radius 2 is 2.09 bits per heavy atom. The van der Waals surface area contributed by atoms with Gasteiger partial charge in [0.2, 0.25) is 6.39 Å². The molecule has 0 radical (unpaired) electrons. The van der Waals surface area contributed by atoms with E-state index >= 15 is 0 Å². The number of amides is 1. The summed E-state index contributed by atoms with van der Waals surface area (Å²) in [5.74, 6) is 1.38. The molecule has 120 valence electrons. The van der Waals surface area contributed by atoms with Gasteiger partial charge in [0.15, 0.2) is 5.82 Å². The van der Waals surface area contributed by atoms with Crippen molar-refractivity contribution in [2.24, 2.45) is 0 Å². The minimum Gasteiger partial charge on any atom is -0.381 e. The average Bonchev–Trinajstić information content (AvgIpc) is 3.29. The van der Waals surface area contributed by atoms with Gasteiger partial charge in [-0.15, -0.1) is 0 Å². The van der Waals surface area contributed by atoms with Crippen molar-refractivity contribution in [2.75, 3.05) is 13.2 Å². The molecule has 1 saturated heterocycles. The lowest BCUT2D eigenvalue weighted by Gasteiger charge is -2.35. The molecule has 2 aliphatic rings. The van der Waals surface area contributed by atoms with E-state index in [1.807, 2.05) is 0 Å². The fourth-order valence-corrected chi connectivity index (χ4v) is 2.83. The van der Waals surface area contributed by atoms with Gasteiger partial charge in [-0.05, 0) is 18.9 Å². The van der Waals surface area contributed by atoms with Crippen molar-refractivity contribution in [3.63, 3.8) is 0 Å². The minimum atomic E-state index is -0.674. The van der Waals surface area contributed by atoms with Crippen LogP contribution in [0.4, 0.5) is 0 Å². The Morgan fingerprint density at radius 1 is 1.26 bits per heavy atom. The van der Waals surface area contributed by atoms with Gasteiger partial charge < -0.3 is 14.6 Å². The average molecular weight is 315 g/mol. The predicted octanol–water partition coefficient (Wildman–Crippen LogP) is 1.17. The molecule has 1 amide bonds. The highest BCUT2D eigenvalue weighted by Gasteiger charge is 2.40. The number of ether oxygens (including phenoxy) is 1. The number of hydrogen-bond donors (Lipinski definition) is 1. The first kappa shape index (κ1) is 14.3. The fourth-order valence-electron chi connectivity index (χ4n) is 2.83. The van der Waals surface area contributed by atoms with Crippen LogP contribution in [0.5, 0.6) is 0 Å². The zero-order valence-electron chi connectivity index (χ0n) is 12.6. The number of aromatic nitrogens is 4. The highest BCUT2D eigenvalue weighted by molar-refractivity contribution is 5.92. The van der Waals surface area contributed by atoms with E-state index < -0.39 is 5.54 Å². The molecule has 3 heterocycles. The first-order chi connectivity index (χ1) is 11.3. The second-order valence-electron chi connectivity index (χ2n) is 5.98. The van der Waals surface area contributed by atoms with Crippen LogP contribution in [0, 0.1) is 0 Å². The molecule has 2 fully saturated rings. The summed E-state index contributed by atoms with van der Waals surface area (Å²) in [5.41, 5.74) is -0.302. The van der Waals surface area contributed by atoms with Gasteiger partial charge in [-0.3, -0.25) is 4.79 Å². The zero-order valence-corrected chi connectivity index (χ0v) is 12.6. The Hall–Kier alpha value is -2.35. The van der Waals surface area contributed by atoms with E-state index in [-0.39, 0.29) is 5.91 Å². The van der Waals surface area contributed by atoms with Gasteiger partial charge >= 0.3 is 0 Å². The van der Waals surface area contributed by atoms with Crippen LogP contribution < -0.4 is 5.32 Å². The molecule has 0 atom stereocenters. The molecule has 0 spiro atoms. The summed E-state index contributed by atoms with van der Waals surface area (Å²) >= 11 is 0. The Morgan fingerprint density at radius 3 is 2.78 bits per heavy atom. The maximum atomic E-state index is 12.7. The van der Waals surface area contributed by atoms with E-state index in [9.17, 15) is 4.79 Å². The van der Waals surface area contributed by atoms with Crippen molar-refractivity contribution in [1.29, 1.82) is 0 Å². The zero-order chi connectivity index (χ0) is 15.7. The first-order valence-corrected chi connectivity index (χ1v) is 7.77. The first-order valence-electron chi connectivity index (χ1n) is 7.77. The van der Waals surface area contributed by atoms with Crippen molar-refractivity contribution in [2.45, 2.75) is 37.1 Å². The van der Waals surface area contributed by atoms with Crippen molar-refractivity contribution in [3.8, 4) is 0 Å². The van der Waals surface area contributed by atoms with E-state index in [1.54, 1.807) is 12.3 Å². The van der Waals surface area contributed by atoms with Gasteiger partial charge in [-0.1, -0.05) is 5.16 Å². The fraction of sp³-hybridized carbons (Fsp3) is 0.533. The third-order valence-electron chi connectivity index (χ3n) is 4.34. The summed E-state index contributed by atoms with van der Waals surface area (Å²) in [6.45, 7) is 1.07. The largest absolute Gasteiger partial charge is 0.381 e. The molecule has 1 aliphatic carbocycles. The van der Waals surface area contributed by atoms with Gasteiger partial charge in [-0.2, -0.15) is 4.98 Å². The lowest BCUT2D eigenvalue weighted by Crippen LogP contribution is -2.50. The molecule has 8 nitrogen and oxygen atoms in total. The minimum absolute atomic E-state index is 0.249. The van der Waals surface area contributed by atoms with Crippen LogP contribution >= 0.6 is 0 Å². The monoisotopic (exact) mass is 315 g/mol. The number of carbonyl (C=O) groups is 1. The lowest BCUT2D eigenvalue weighted by atomic mass is 9.89. The third-order valence-corrected chi connectivity index (χ3v) is 4.34. The van der Waals surface area contributed by atoms with Gasteiger partial charge in [0, 0.05) is 38.2 Å². The second kappa shape index (κ2) is 5.69. The van der Waals surface area contributed by atoms with Crippen LogP contribution in [-0.2, 0) is 10.3 Å². The van der Waals surface area contributed by atoms with Gasteiger partial charge in [0.05, 0.1) is 0 Å². The van der Waals surface area contributed by atoms with Crippen LogP contribution in [0.15, 0.2) is 23.2 Å². The van der Waals surface area contributed by atoms with Gasteiger partial charge in [0.1, 0.15) is 17.1 Å². The normalized spacial score (nSPS) is 20.2. The highest BCUT2D eigenvalue weighted by Crippen LogP contribution is 2.37. The van der Waals surface area contributed by atoms with E-state index in [1.165, 1.54) is 6.39 Å². The molecule has 1 saturated carbocycles. The Kier molecular flexibility index (Phi) is 3.53. The van der Waals surface area contributed by atoms with Gasteiger partial charge in [0.25, 0.3) is 5.91 Å². The number of nitrogens with zero attached hydrogens (tertiary/aromatic N) is 4. The number of hydrogen-bond acceptors (Lipinski definition) is 7. The standard InChI is InChI=1S/C15H17N5O3/c21-13(11-3-6-16-12(18-11)10-1-2-10)19-15(4-7-22-8-5-15)14-17-9-23-20-14/h3,6,9-10H,1-2,4-5,7-8H2,(H,19,21). The molecule has 0 aromatic carbocycles. The molecule has 0 bridgehead atoms. The van der Waals surface area contributed by atoms with Crippen LogP contribution in [0.3, 0.4) is 0 Å². The lowest BCUT2D eigenvalue weighted by molar-refractivity contribution is 0.0304. The molecule has 1 aliphatic heterocycles.